The summed E-state index contributed by atoms with van der Waals surface area (Å²) in [5, 5.41) is 11.7. The minimum atomic E-state index is -0.0346. The molecule has 26 heavy (non-hydrogen) atoms. The van der Waals surface area contributed by atoms with E-state index in [0.717, 1.165) is 31.9 Å². The molecule has 0 unspecified atom stereocenters. The van der Waals surface area contributed by atoms with Crippen molar-refractivity contribution in [2.45, 2.75) is 0 Å². The Morgan fingerprint density at radius 3 is 2.31 bits per heavy atom. The number of methoxy groups -OCH3 is 1. The standard InChI is InChI=1S/C20H22N4O2/c1-26-19-8-6-18(7-9-19)24-12-10-23(11-13-24)15-20(25)22-17-4-2-16(14-21)3-5-17/h2-9H,10-13,15H2,1H3,(H,22,25). The third-order valence-electron chi connectivity index (χ3n) is 4.47. The fourth-order valence-electron chi connectivity index (χ4n) is 2.99. The van der Waals surface area contributed by atoms with Crippen molar-refractivity contribution in [3.05, 3.63) is 54.1 Å². The third-order valence-corrected chi connectivity index (χ3v) is 4.47. The number of amides is 1. The van der Waals surface area contributed by atoms with Crippen molar-refractivity contribution >= 4 is 17.3 Å². The smallest absolute Gasteiger partial charge is 0.238 e. The lowest BCUT2D eigenvalue weighted by atomic mass is 10.2. The average Bonchev–Trinajstić information content (AvgIpc) is 2.69. The van der Waals surface area contributed by atoms with Gasteiger partial charge in [-0.15, -0.1) is 0 Å². The molecule has 0 atom stereocenters. The molecule has 6 heteroatoms. The highest BCUT2D eigenvalue weighted by Gasteiger charge is 2.19. The first-order valence-corrected chi connectivity index (χ1v) is 8.59. The zero-order chi connectivity index (χ0) is 18.4. The highest BCUT2D eigenvalue weighted by molar-refractivity contribution is 5.92. The van der Waals surface area contributed by atoms with E-state index in [4.69, 9.17) is 10.00 Å². The Kier molecular flexibility index (Phi) is 5.72. The molecule has 0 aliphatic carbocycles. The van der Waals surface area contributed by atoms with Gasteiger partial charge in [0.05, 0.1) is 25.3 Å². The first-order valence-electron chi connectivity index (χ1n) is 8.59. The summed E-state index contributed by atoms with van der Waals surface area (Å²) in [6.45, 7) is 3.82. The molecule has 0 bridgehead atoms. The van der Waals surface area contributed by atoms with Crippen molar-refractivity contribution in [2.75, 3.05) is 50.1 Å². The highest BCUT2D eigenvalue weighted by Crippen LogP contribution is 2.20. The number of carbonyl (C=O) groups is 1. The minimum Gasteiger partial charge on any atom is -0.497 e. The fraction of sp³-hybridized carbons (Fsp3) is 0.300. The van der Waals surface area contributed by atoms with Gasteiger partial charge in [0.2, 0.25) is 5.91 Å². The zero-order valence-corrected chi connectivity index (χ0v) is 14.8. The van der Waals surface area contributed by atoms with Crippen LogP contribution in [0.4, 0.5) is 11.4 Å². The maximum Gasteiger partial charge on any atom is 0.238 e. The molecule has 3 rings (SSSR count). The largest absolute Gasteiger partial charge is 0.497 e. The minimum absolute atomic E-state index is 0.0346. The Morgan fingerprint density at radius 2 is 1.73 bits per heavy atom. The van der Waals surface area contributed by atoms with E-state index in [1.165, 1.54) is 5.69 Å². The van der Waals surface area contributed by atoms with Crippen LogP contribution < -0.4 is 15.0 Å². The molecule has 1 fully saturated rings. The van der Waals surface area contributed by atoms with Crippen LogP contribution in [0.15, 0.2) is 48.5 Å². The predicted molar refractivity (Wildman–Crippen MR) is 101 cm³/mol. The summed E-state index contributed by atoms with van der Waals surface area (Å²) in [5.41, 5.74) is 2.47. The Morgan fingerprint density at radius 1 is 1.08 bits per heavy atom. The number of carbonyl (C=O) groups excluding carboxylic acids is 1. The second-order valence-electron chi connectivity index (χ2n) is 6.20. The summed E-state index contributed by atoms with van der Waals surface area (Å²) in [5.74, 6) is 0.819. The number of nitrogens with one attached hydrogen (secondary N) is 1. The number of nitriles is 1. The second-order valence-corrected chi connectivity index (χ2v) is 6.20. The lowest BCUT2D eigenvalue weighted by molar-refractivity contribution is -0.117. The zero-order valence-electron chi connectivity index (χ0n) is 14.8. The van der Waals surface area contributed by atoms with Gasteiger partial charge in [0.25, 0.3) is 0 Å². The number of rotatable bonds is 5. The molecular formula is C20H22N4O2. The van der Waals surface area contributed by atoms with E-state index in [1.54, 1.807) is 31.4 Å². The number of nitrogens with zero attached hydrogens (tertiary/aromatic N) is 3. The van der Waals surface area contributed by atoms with Gasteiger partial charge in [-0.25, -0.2) is 0 Å². The van der Waals surface area contributed by atoms with E-state index in [1.807, 2.05) is 12.1 Å². The molecule has 0 spiro atoms. The molecule has 1 N–H and O–H groups in total. The lowest BCUT2D eigenvalue weighted by Gasteiger charge is -2.35. The molecule has 1 amide bonds. The van der Waals surface area contributed by atoms with E-state index in [2.05, 4.69) is 33.3 Å². The van der Waals surface area contributed by atoms with E-state index in [9.17, 15) is 4.79 Å². The van der Waals surface area contributed by atoms with Crippen molar-refractivity contribution < 1.29 is 9.53 Å². The first-order chi connectivity index (χ1) is 12.7. The highest BCUT2D eigenvalue weighted by atomic mass is 16.5. The Balaban J connectivity index is 1.46. The quantitative estimate of drug-likeness (QED) is 0.896. The molecule has 134 valence electrons. The van der Waals surface area contributed by atoms with Gasteiger partial charge in [0.15, 0.2) is 0 Å². The Hall–Kier alpha value is -3.04. The van der Waals surface area contributed by atoms with Gasteiger partial charge in [-0.05, 0) is 48.5 Å². The number of piperazine rings is 1. The molecule has 0 radical (unpaired) electrons. The van der Waals surface area contributed by atoms with Crippen molar-refractivity contribution in [3.63, 3.8) is 0 Å². The van der Waals surface area contributed by atoms with E-state index >= 15 is 0 Å². The molecule has 1 heterocycles. The van der Waals surface area contributed by atoms with Crippen LogP contribution in [-0.4, -0.2) is 50.6 Å². The van der Waals surface area contributed by atoms with E-state index in [0.29, 0.717) is 17.8 Å². The number of anilines is 2. The molecule has 1 saturated heterocycles. The number of hydrogen-bond acceptors (Lipinski definition) is 5. The molecule has 2 aromatic carbocycles. The maximum absolute atomic E-state index is 12.2. The van der Waals surface area contributed by atoms with Crippen LogP contribution in [0.5, 0.6) is 5.75 Å². The van der Waals surface area contributed by atoms with Gasteiger partial charge in [0, 0.05) is 37.6 Å². The van der Waals surface area contributed by atoms with Crippen molar-refractivity contribution in [1.29, 1.82) is 5.26 Å². The third kappa shape index (κ3) is 4.52. The van der Waals surface area contributed by atoms with Gasteiger partial charge in [-0.2, -0.15) is 5.26 Å². The van der Waals surface area contributed by atoms with Crippen LogP contribution in [0.25, 0.3) is 0 Å². The maximum atomic E-state index is 12.2. The SMILES string of the molecule is COc1ccc(N2CCN(CC(=O)Nc3ccc(C#N)cc3)CC2)cc1. The van der Waals surface area contributed by atoms with Gasteiger partial charge < -0.3 is 15.0 Å². The number of benzene rings is 2. The number of hydrogen-bond donors (Lipinski definition) is 1. The Labute approximate surface area is 153 Å². The van der Waals surface area contributed by atoms with Crippen LogP contribution in [0, 0.1) is 11.3 Å². The second kappa shape index (κ2) is 8.37. The van der Waals surface area contributed by atoms with Gasteiger partial charge in [0.1, 0.15) is 5.75 Å². The van der Waals surface area contributed by atoms with Crippen molar-refractivity contribution in [2.24, 2.45) is 0 Å². The van der Waals surface area contributed by atoms with E-state index in [-0.39, 0.29) is 5.91 Å². The molecule has 0 saturated carbocycles. The normalized spacial score (nSPS) is 14.5. The molecule has 2 aromatic rings. The fourth-order valence-corrected chi connectivity index (χ4v) is 2.99. The topological polar surface area (TPSA) is 68.6 Å². The molecule has 1 aliphatic rings. The van der Waals surface area contributed by atoms with Crippen LogP contribution in [0.2, 0.25) is 0 Å². The predicted octanol–water partition coefficient (Wildman–Crippen LogP) is 2.33. The van der Waals surface area contributed by atoms with Gasteiger partial charge in [-0.3, -0.25) is 9.69 Å². The van der Waals surface area contributed by atoms with Crippen LogP contribution in [-0.2, 0) is 4.79 Å². The van der Waals surface area contributed by atoms with Crippen LogP contribution in [0.1, 0.15) is 5.56 Å². The van der Waals surface area contributed by atoms with Crippen LogP contribution >= 0.6 is 0 Å². The van der Waals surface area contributed by atoms with Crippen LogP contribution in [0.3, 0.4) is 0 Å². The van der Waals surface area contributed by atoms with E-state index < -0.39 is 0 Å². The molecular weight excluding hydrogens is 328 g/mol. The summed E-state index contributed by atoms with van der Waals surface area (Å²) in [7, 11) is 1.66. The summed E-state index contributed by atoms with van der Waals surface area (Å²) >= 11 is 0. The summed E-state index contributed by atoms with van der Waals surface area (Å²) in [6.07, 6.45) is 0. The van der Waals surface area contributed by atoms with Gasteiger partial charge in [-0.1, -0.05) is 0 Å². The average molecular weight is 350 g/mol. The molecule has 6 nitrogen and oxygen atoms in total. The molecule has 1 aliphatic heterocycles. The van der Waals surface area contributed by atoms with Gasteiger partial charge >= 0.3 is 0 Å². The van der Waals surface area contributed by atoms with Crippen molar-refractivity contribution in [1.82, 2.24) is 4.90 Å². The Bertz CT molecular complexity index is 773. The first kappa shape index (κ1) is 17.8. The molecule has 0 aromatic heterocycles. The summed E-state index contributed by atoms with van der Waals surface area (Å²) in [4.78, 5) is 16.7. The summed E-state index contributed by atoms with van der Waals surface area (Å²) < 4.78 is 5.19. The summed E-state index contributed by atoms with van der Waals surface area (Å²) in [6, 6.07) is 17.0. The lowest BCUT2D eigenvalue weighted by Crippen LogP contribution is -2.48. The van der Waals surface area contributed by atoms with Crippen molar-refractivity contribution in [3.8, 4) is 11.8 Å². The number of ether oxygens (including phenoxy) is 1. The monoisotopic (exact) mass is 350 g/mol.